The van der Waals surface area contributed by atoms with Crippen molar-refractivity contribution in [3.05, 3.63) is 34.5 Å². The first kappa shape index (κ1) is 16.9. The Hall–Kier alpha value is -1.46. The Morgan fingerprint density at radius 1 is 1.27 bits per heavy atom. The largest absolute Gasteiger partial charge is 0.380 e. The molecule has 0 saturated heterocycles. The van der Waals surface area contributed by atoms with Crippen LogP contribution in [-0.2, 0) is 11.3 Å². The molecule has 120 valence electrons. The normalized spacial score (nSPS) is 11.1. The van der Waals surface area contributed by atoms with Crippen molar-refractivity contribution in [1.82, 2.24) is 4.90 Å². The fourth-order valence-corrected chi connectivity index (χ4v) is 3.81. The summed E-state index contributed by atoms with van der Waals surface area (Å²) < 4.78 is 20.2. The minimum Gasteiger partial charge on any atom is -0.380 e. The molecule has 1 amide bonds. The van der Waals surface area contributed by atoms with Crippen LogP contribution in [-0.4, -0.2) is 31.0 Å². The quantitative estimate of drug-likeness (QED) is 0.753. The van der Waals surface area contributed by atoms with E-state index in [0.717, 1.165) is 30.6 Å². The summed E-state index contributed by atoms with van der Waals surface area (Å²) in [6.07, 6.45) is 1.81. The van der Waals surface area contributed by atoms with E-state index in [1.807, 2.05) is 11.0 Å². The number of carbonyl (C=O) groups is 1. The van der Waals surface area contributed by atoms with Gasteiger partial charge < -0.3 is 9.64 Å². The van der Waals surface area contributed by atoms with Gasteiger partial charge in [0.25, 0.3) is 5.91 Å². The van der Waals surface area contributed by atoms with E-state index in [1.54, 1.807) is 13.2 Å². The molecule has 0 aliphatic carbocycles. The van der Waals surface area contributed by atoms with Gasteiger partial charge in [0.15, 0.2) is 0 Å². The molecule has 3 nitrogen and oxygen atoms in total. The molecular weight excluding hydrogens is 301 g/mol. The zero-order valence-electron chi connectivity index (χ0n) is 13.3. The summed E-state index contributed by atoms with van der Waals surface area (Å²) in [5, 5.41) is 0.519. The lowest BCUT2D eigenvalue weighted by Gasteiger charge is -2.21. The van der Waals surface area contributed by atoms with Crippen molar-refractivity contribution in [1.29, 1.82) is 0 Å². The molecule has 0 aliphatic rings. The Morgan fingerprint density at radius 2 is 1.95 bits per heavy atom. The van der Waals surface area contributed by atoms with Gasteiger partial charge in [-0.25, -0.2) is 4.39 Å². The monoisotopic (exact) mass is 323 g/mol. The molecule has 0 unspecified atom stereocenters. The maximum absolute atomic E-state index is 14.2. The Labute approximate surface area is 134 Å². The van der Waals surface area contributed by atoms with E-state index in [2.05, 4.69) is 13.8 Å². The number of benzene rings is 1. The lowest BCUT2D eigenvalue weighted by Crippen LogP contribution is -2.32. The first-order valence-corrected chi connectivity index (χ1v) is 8.43. The summed E-state index contributed by atoms with van der Waals surface area (Å²) in [7, 11) is 1.56. The first-order chi connectivity index (χ1) is 10.6. The SMILES string of the molecule is CCCN(CCC)C(=O)c1sc2cccc(F)c2c1COC. The lowest BCUT2D eigenvalue weighted by molar-refractivity contribution is 0.0756. The number of ether oxygens (including phenoxy) is 1. The van der Waals surface area contributed by atoms with E-state index < -0.39 is 0 Å². The molecule has 0 aliphatic heterocycles. The number of methoxy groups -OCH3 is 1. The van der Waals surface area contributed by atoms with Crippen LogP contribution in [0.25, 0.3) is 10.1 Å². The number of nitrogens with zero attached hydrogens (tertiary/aromatic N) is 1. The number of hydrogen-bond acceptors (Lipinski definition) is 3. The van der Waals surface area contributed by atoms with Crippen molar-refractivity contribution in [3.8, 4) is 0 Å². The van der Waals surface area contributed by atoms with Crippen LogP contribution in [0.2, 0.25) is 0 Å². The molecule has 2 aromatic rings. The zero-order valence-corrected chi connectivity index (χ0v) is 14.1. The standard InChI is InChI=1S/C17H22FNO2S/c1-4-9-19(10-5-2)17(20)16-12(11-21-3)15-13(18)7-6-8-14(15)22-16/h6-8H,4-5,9-11H2,1-3H3. The average Bonchev–Trinajstić information content (AvgIpc) is 2.87. The third-order valence-electron chi connectivity index (χ3n) is 3.52. The van der Waals surface area contributed by atoms with Gasteiger partial charge in [0.2, 0.25) is 0 Å². The summed E-state index contributed by atoms with van der Waals surface area (Å²) in [6, 6.07) is 4.95. The van der Waals surface area contributed by atoms with Gasteiger partial charge in [-0.15, -0.1) is 11.3 Å². The summed E-state index contributed by atoms with van der Waals surface area (Å²) in [5.74, 6) is -0.311. The average molecular weight is 323 g/mol. The summed E-state index contributed by atoms with van der Waals surface area (Å²) >= 11 is 1.35. The van der Waals surface area contributed by atoms with Gasteiger partial charge in [-0.1, -0.05) is 19.9 Å². The van der Waals surface area contributed by atoms with Crippen molar-refractivity contribution in [2.24, 2.45) is 0 Å². The maximum atomic E-state index is 14.2. The van der Waals surface area contributed by atoms with Crippen molar-refractivity contribution in [3.63, 3.8) is 0 Å². The third kappa shape index (κ3) is 3.31. The van der Waals surface area contributed by atoms with Crippen LogP contribution >= 0.6 is 11.3 Å². The fraction of sp³-hybridized carbons (Fsp3) is 0.471. The number of carbonyl (C=O) groups excluding carboxylic acids is 1. The van der Waals surface area contributed by atoms with E-state index in [1.165, 1.54) is 17.4 Å². The highest BCUT2D eigenvalue weighted by molar-refractivity contribution is 7.21. The van der Waals surface area contributed by atoms with Crippen LogP contribution in [0.4, 0.5) is 4.39 Å². The van der Waals surface area contributed by atoms with E-state index in [-0.39, 0.29) is 18.3 Å². The molecule has 0 radical (unpaired) electrons. The summed E-state index contributed by atoms with van der Waals surface area (Å²) in [6.45, 7) is 5.78. The van der Waals surface area contributed by atoms with Gasteiger partial charge in [0, 0.05) is 35.8 Å². The molecule has 0 saturated carbocycles. The topological polar surface area (TPSA) is 29.5 Å². The fourth-order valence-electron chi connectivity index (χ4n) is 2.62. The van der Waals surface area contributed by atoms with Crippen LogP contribution < -0.4 is 0 Å². The molecule has 22 heavy (non-hydrogen) atoms. The van der Waals surface area contributed by atoms with Gasteiger partial charge in [-0.3, -0.25) is 4.79 Å². The van der Waals surface area contributed by atoms with Crippen LogP contribution in [0, 0.1) is 5.82 Å². The van der Waals surface area contributed by atoms with Gasteiger partial charge >= 0.3 is 0 Å². The predicted molar refractivity (Wildman–Crippen MR) is 89.0 cm³/mol. The molecule has 0 spiro atoms. The Morgan fingerprint density at radius 3 is 2.55 bits per heavy atom. The Kier molecular flexibility index (Phi) is 5.91. The predicted octanol–water partition coefficient (Wildman–Crippen LogP) is 4.45. The molecule has 1 heterocycles. The van der Waals surface area contributed by atoms with E-state index >= 15 is 0 Å². The van der Waals surface area contributed by atoms with Gasteiger partial charge in [0.05, 0.1) is 11.5 Å². The molecule has 0 N–H and O–H groups in total. The van der Waals surface area contributed by atoms with Crippen LogP contribution in [0.1, 0.15) is 41.9 Å². The number of hydrogen-bond donors (Lipinski definition) is 0. The van der Waals surface area contributed by atoms with Gasteiger partial charge in [0.1, 0.15) is 5.82 Å². The summed E-state index contributed by atoms with van der Waals surface area (Å²) in [4.78, 5) is 15.3. The minimum absolute atomic E-state index is 0.0173. The second-order valence-electron chi connectivity index (χ2n) is 5.25. The minimum atomic E-state index is -0.294. The molecular formula is C17H22FNO2S. The van der Waals surface area contributed by atoms with Crippen LogP contribution in [0.5, 0.6) is 0 Å². The van der Waals surface area contributed by atoms with Crippen LogP contribution in [0.15, 0.2) is 18.2 Å². The smallest absolute Gasteiger partial charge is 0.264 e. The van der Waals surface area contributed by atoms with E-state index in [0.29, 0.717) is 15.8 Å². The highest BCUT2D eigenvalue weighted by Crippen LogP contribution is 2.34. The van der Waals surface area contributed by atoms with Crippen molar-refractivity contribution in [2.45, 2.75) is 33.3 Å². The highest BCUT2D eigenvalue weighted by Gasteiger charge is 2.24. The molecule has 0 bridgehead atoms. The molecule has 1 aromatic carbocycles. The third-order valence-corrected chi connectivity index (χ3v) is 4.71. The Balaban J connectivity index is 2.51. The highest BCUT2D eigenvalue weighted by atomic mass is 32.1. The van der Waals surface area contributed by atoms with Crippen molar-refractivity contribution < 1.29 is 13.9 Å². The second-order valence-corrected chi connectivity index (χ2v) is 6.30. The number of amides is 1. The maximum Gasteiger partial charge on any atom is 0.264 e. The molecule has 5 heteroatoms. The van der Waals surface area contributed by atoms with Gasteiger partial charge in [-0.2, -0.15) is 0 Å². The molecule has 2 rings (SSSR count). The zero-order chi connectivity index (χ0) is 16.1. The number of thiophene rings is 1. The second kappa shape index (κ2) is 7.70. The number of rotatable bonds is 7. The van der Waals surface area contributed by atoms with Crippen molar-refractivity contribution in [2.75, 3.05) is 20.2 Å². The van der Waals surface area contributed by atoms with Crippen LogP contribution in [0.3, 0.4) is 0 Å². The lowest BCUT2D eigenvalue weighted by atomic mass is 10.1. The van der Waals surface area contributed by atoms with E-state index in [4.69, 9.17) is 4.74 Å². The number of halogens is 1. The first-order valence-electron chi connectivity index (χ1n) is 7.62. The van der Waals surface area contributed by atoms with Gasteiger partial charge in [-0.05, 0) is 25.0 Å². The van der Waals surface area contributed by atoms with Crippen molar-refractivity contribution >= 4 is 27.3 Å². The summed E-state index contributed by atoms with van der Waals surface area (Å²) in [5.41, 5.74) is 0.669. The molecule has 0 atom stereocenters. The molecule has 1 aromatic heterocycles. The Bertz CT molecular complexity index is 647. The molecule has 0 fully saturated rings. The van der Waals surface area contributed by atoms with E-state index in [9.17, 15) is 9.18 Å². The number of fused-ring (bicyclic) bond motifs is 1.